The Kier molecular flexibility index (Phi) is 4.46. The molecular weight excluding hydrogens is 368 g/mol. The van der Waals surface area contributed by atoms with Crippen LogP contribution < -0.4 is 4.74 Å². The Balaban J connectivity index is 1.91. The maximum absolute atomic E-state index is 6.41. The molecule has 0 spiro atoms. The van der Waals surface area contributed by atoms with Crippen LogP contribution in [0.2, 0.25) is 5.28 Å². The molecule has 0 radical (unpaired) electrons. The molecule has 26 heavy (non-hydrogen) atoms. The van der Waals surface area contributed by atoms with Gasteiger partial charge in [0.05, 0.1) is 12.6 Å². The minimum absolute atomic E-state index is 0.302. The topological polar surface area (TPSA) is 52.3 Å². The predicted octanol–water partition coefficient (Wildman–Crippen LogP) is 5.11. The molecule has 0 aliphatic heterocycles. The molecule has 0 fully saturated rings. The first-order valence-electron chi connectivity index (χ1n) is 8.23. The Morgan fingerprint density at radius 2 is 1.85 bits per heavy atom. The van der Waals surface area contributed by atoms with Gasteiger partial charge < -0.3 is 4.74 Å². The summed E-state index contributed by atoms with van der Waals surface area (Å²) in [6.45, 7) is 4.31. The zero-order valence-corrected chi connectivity index (χ0v) is 16.2. The lowest BCUT2D eigenvalue weighted by Crippen LogP contribution is -1.97. The van der Waals surface area contributed by atoms with E-state index in [9.17, 15) is 0 Å². The van der Waals surface area contributed by atoms with Gasteiger partial charge in [0.2, 0.25) is 5.28 Å². The Morgan fingerprint density at radius 1 is 1.08 bits per heavy atom. The predicted molar refractivity (Wildman–Crippen MR) is 106 cm³/mol. The quantitative estimate of drug-likeness (QED) is 0.361. The van der Waals surface area contributed by atoms with Crippen molar-refractivity contribution >= 4 is 39.9 Å². The molecule has 0 saturated carbocycles. The highest BCUT2D eigenvalue weighted by molar-refractivity contribution is 8.00. The Bertz CT molecular complexity index is 1090. The van der Waals surface area contributed by atoms with Crippen LogP contribution in [-0.4, -0.2) is 31.9 Å². The van der Waals surface area contributed by atoms with E-state index in [1.165, 1.54) is 0 Å². The van der Waals surface area contributed by atoms with Gasteiger partial charge in [0.15, 0.2) is 11.5 Å². The van der Waals surface area contributed by atoms with Crippen molar-refractivity contribution in [1.29, 1.82) is 0 Å². The number of rotatable bonds is 4. The highest BCUT2D eigenvalue weighted by atomic mass is 35.5. The minimum atomic E-state index is 0.302. The van der Waals surface area contributed by atoms with E-state index in [-0.39, 0.29) is 0 Å². The van der Waals surface area contributed by atoms with Gasteiger partial charge in [-0.25, -0.2) is 9.97 Å². The summed E-state index contributed by atoms with van der Waals surface area (Å²) in [6, 6.07) is 13.7. The first kappa shape index (κ1) is 17.1. The lowest BCUT2D eigenvalue weighted by Gasteiger charge is -2.08. The van der Waals surface area contributed by atoms with E-state index in [2.05, 4.69) is 30.0 Å². The van der Waals surface area contributed by atoms with E-state index in [1.807, 2.05) is 36.4 Å². The van der Waals surface area contributed by atoms with Crippen LogP contribution in [0, 0.1) is 0 Å². The number of aromatic nitrogens is 4. The van der Waals surface area contributed by atoms with Gasteiger partial charge in [0.1, 0.15) is 5.75 Å². The molecule has 2 aromatic heterocycles. The van der Waals surface area contributed by atoms with Gasteiger partial charge in [-0.3, -0.25) is 0 Å². The molecule has 2 aromatic carbocycles. The fourth-order valence-corrected chi connectivity index (χ4v) is 3.92. The highest BCUT2D eigenvalue weighted by Gasteiger charge is 2.16. The summed E-state index contributed by atoms with van der Waals surface area (Å²) in [5.41, 5.74) is 2.46. The van der Waals surface area contributed by atoms with E-state index >= 15 is 0 Å². The first-order valence-corrected chi connectivity index (χ1v) is 9.48. The fraction of sp³-hybridized carbons (Fsp3) is 0.211. The second-order valence-corrected chi connectivity index (χ2v) is 8.06. The van der Waals surface area contributed by atoms with Crippen LogP contribution >= 0.6 is 23.4 Å². The van der Waals surface area contributed by atoms with Crippen molar-refractivity contribution < 1.29 is 4.74 Å². The molecule has 0 unspecified atom stereocenters. The molecule has 0 bridgehead atoms. The van der Waals surface area contributed by atoms with Crippen LogP contribution in [0.25, 0.3) is 27.9 Å². The summed E-state index contributed by atoms with van der Waals surface area (Å²) in [5.74, 6) is 1.39. The van der Waals surface area contributed by atoms with Crippen molar-refractivity contribution in [2.45, 2.75) is 24.0 Å². The monoisotopic (exact) mass is 384 g/mol. The molecule has 132 valence electrons. The second-order valence-electron chi connectivity index (χ2n) is 6.10. The molecule has 0 saturated heterocycles. The highest BCUT2D eigenvalue weighted by Crippen LogP contribution is 2.32. The van der Waals surface area contributed by atoms with Crippen molar-refractivity contribution in [3.63, 3.8) is 0 Å². The molecule has 0 atom stereocenters. The number of para-hydroxylation sites is 1. The minimum Gasteiger partial charge on any atom is -0.497 e. The Labute approximate surface area is 160 Å². The molecule has 4 rings (SSSR count). The normalized spacial score (nSPS) is 11.6. The van der Waals surface area contributed by atoms with Crippen molar-refractivity contribution in [1.82, 2.24) is 19.6 Å². The molecule has 4 aromatic rings. The number of nitrogens with zero attached hydrogens (tertiary/aromatic N) is 4. The summed E-state index contributed by atoms with van der Waals surface area (Å²) in [7, 11) is 1.64. The fourth-order valence-electron chi connectivity index (χ4n) is 2.78. The van der Waals surface area contributed by atoms with E-state index in [4.69, 9.17) is 21.3 Å². The summed E-state index contributed by atoms with van der Waals surface area (Å²) in [5, 5.41) is 6.23. The van der Waals surface area contributed by atoms with Crippen molar-refractivity contribution in [3.05, 3.63) is 47.7 Å². The van der Waals surface area contributed by atoms with Crippen molar-refractivity contribution in [3.8, 4) is 17.1 Å². The van der Waals surface area contributed by atoms with Crippen LogP contribution in [-0.2, 0) is 0 Å². The molecule has 0 N–H and O–H groups in total. The average molecular weight is 385 g/mol. The van der Waals surface area contributed by atoms with Crippen molar-refractivity contribution in [2.75, 3.05) is 7.11 Å². The van der Waals surface area contributed by atoms with Crippen molar-refractivity contribution in [2.24, 2.45) is 0 Å². The van der Waals surface area contributed by atoms with Crippen LogP contribution in [0.5, 0.6) is 5.75 Å². The summed E-state index contributed by atoms with van der Waals surface area (Å²) >= 11 is 8.17. The van der Waals surface area contributed by atoms with Gasteiger partial charge >= 0.3 is 0 Å². The maximum atomic E-state index is 6.41. The number of benzene rings is 2. The molecular formula is C19H17ClN4OS. The SMILES string of the molecule is COc1ccc(-c2nc3c4cccc(SC(C)C)c4nc(Cl)n3n2)cc1. The standard InChI is InChI=1S/C19H17ClN4OS/c1-11(2)26-15-6-4-5-14-16(15)21-19(20)24-18(14)22-17(23-24)12-7-9-13(25-3)10-8-12/h4-11H,1-3H3. The molecule has 7 heteroatoms. The maximum Gasteiger partial charge on any atom is 0.226 e. The second kappa shape index (κ2) is 6.78. The largest absolute Gasteiger partial charge is 0.497 e. The van der Waals surface area contributed by atoms with Gasteiger partial charge in [-0.05, 0) is 48.0 Å². The lowest BCUT2D eigenvalue weighted by molar-refractivity contribution is 0.415. The van der Waals surface area contributed by atoms with E-state index < -0.39 is 0 Å². The van der Waals surface area contributed by atoms with Gasteiger partial charge in [0.25, 0.3) is 0 Å². The number of halogens is 1. The molecule has 0 aliphatic carbocycles. The van der Waals surface area contributed by atoms with E-state index in [0.29, 0.717) is 22.0 Å². The third-order valence-electron chi connectivity index (χ3n) is 3.94. The number of fused-ring (bicyclic) bond motifs is 3. The first-order chi connectivity index (χ1) is 12.6. The molecule has 2 heterocycles. The zero-order valence-electron chi connectivity index (χ0n) is 14.6. The summed E-state index contributed by atoms with van der Waals surface area (Å²) < 4.78 is 6.80. The van der Waals surface area contributed by atoms with Gasteiger partial charge in [-0.1, -0.05) is 19.9 Å². The number of hydrogen-bond donors (Lipinski definition) is 0. The Morgan fingerprint density at radius 3 is 2.54 bits per heavy atom. The molecule has 0 amide bonds. The lowest BCUT2D eigenvalue weighted by atomic mass is 10.2. The van der Waals surface area contributed by atoms with Crippen LogP contribution in [0.15, 0.2) is 47.4 Å². The van der Waals surface area contributed by atoms with Gasteiger partial charge in [-0.2, -0.15) is 4.52 Å². The number of hydrogen-bond acceptors (Lipinski definition) is 5. The summed E-state index contributed by atoms with van der Waals surface area (Å²) in [6.07, 6.45) is 0. The average Bonchev–Trinajstić information content (AvgIpc) is 3.08. The van der Waals surface area contributed by atoms with Crippen LogP contribution in [0.3, 0.4) is 0 Å². The zero-order chi connectivity index (χ0) is 18.3. The smallest absolute Gasteiger partial charge is 0.226 e. The third kappa shape index (κ3) is 2.99. The van der Waals surface area contributed by atoms with E-state index in [0.717, 1.165) is 27.1 Å². The van der Waals surface area contributed by atoms with Gasteiger partial charge in [0, 0.05) is 21.1 Å². The summed E-state index contributed by atoms with van der Waals surface area (Å²) in [4.78, 5) is 10.4. The number of thioether (sulfide) groups is 1. The van der Waals surface area contributed by atoms with E-state index in [1.54, 1.807) is 23.4 Å². The third-order valence-corrected chi connectivity index (χ3v) is 5.24. The number of ether oxygens (including phenoxy) is 1. The molecule has 0 aliphatic rings. The van der Waals surface area contributed by atoms with Gasteiger partial charge in [-0.15, -0.1) is 16.9 Å². The van der Waals surface area contributed by atoms with Crippen LogP contribution in [0.4, 0.5) is 0 Å². The number of methoxy groups -OCH3 is 1. The van der Waals surface area contributed by atoms with Crippen LogP contribution in [0.1, 0.15) is 13.8 Å². The molecule has 5 nitrogen and oxygen atoms in total. The Hall–Kier alpha value is -2.31.